The van der Waals surface area contributed by atoms with Crippen LogP contribution >= 0.6 is 27.3 Å². The van der Waals surface area contributed by atoms with Crippen molar-refractivity contribution in [1.82, 2.24) is 0 Å². The first-order chi connectivity index (χ1) is 9.28. The SMILES string of the molecule is COc1cc(CBr)cc(OC)c1OCc1cccs1. The van der Waals surface area contributed by atoms with E-state index >= 15 is 0 Å². The maximum absolute atomic E-state index is 5.84. The summed E-state index contributed by atoms with van der Waals surface area (Å²) < 4.78 is 16.6. The van der Waals surface area contributed by atoms with Crippen molar-refractivity contribution in [2.45, 2.75) is 11.9 Å². The summed E-state index contributed by atoms with van der Waals surface area (Å²) in [7, 11) is 3.26. The number of ether oxygens (including phenoxy) is 3. The topological polar surface area (TPSA) is 27.7 Å². The van der Waals surface area contributed by atoms with Crippen molar-refractivity contribution in [3.8, 4) is 17.2 Å². The summed E-state index contributed by atoms with van der Waals surface area (Å²) in [5, 5.41) is 2.77. The molecule has 0 atom stereocenters. The third-order valence-electron chi connectivity index (χ3n) is 2.61. The standard InChI is InChI=1S/C14H15BrO3S/c1-16-12-6-10(8-15)7-13(17-2)14(12)18-9-11-4-3-5-19-11/h3-7H,8-9H2,1-2H3. The Labute approximate surface area is 125 Å². The Bertz CT molecular complexity index is 500. The molecule has 5 heteroatoms. The molecule has 1 aromatic carbocycles. The lowest BCUT2D eigenvalue weighted by atomic mass is 10.2. The van der Waals surface area contributed by atoms with Crippen LogP contribution in [0.4, 0.5) is 0 Å². The second kappa shape index (κ2) is 6.82. The van der Waals surface area contributed by atoms with Crippen LogP contribution in [0.2, 0.25) is 0 Å². The predicted octanol–water partition coefficient (Wildman–Crippen LogP) is 4.24. The third kappa shape index (κ3) is 3.42. The maximum atomic E-state index is 5.84. The molecule has 0 aliphatic heterocycles. The van der Waals surface area contributed by atoms with Gasteiger partial charge >= 0.3 is 0 Å². The minimum absolute atomic E-state index is 0.512. The van der Waals surface area contributed by atoms with Crippen molar-refractivity contribution in [2.75, 3.05) is 14.2 Å². The summed E-state index contributed by atoms with van der Waals surface area (Å²) in [6.45, 7) is 0.512. The number of halogens is 1. The highest BCUT2D eigenvalue weighted by atomic mass is 79.9. The lowest BCUT2D eigenvalue weighted by Crippen LogP contribution is -2.00. The van der Waals surface area contributed by atoms with Crippen LogP contribution in [-0.2, 0) is 11.9 Å². The van der Waals surface area contributed by atoms with E-state index in [-0.39, 0.29) is 0 Å². The summed E-state index contributed by atoms with van der Waals surface area (Å²) in [5.74, 6) is 2.01. The monoisotopic (exact) mass is 342 g/mol. The molecule has 0 aliphatic rings. The summed E-state index contributed by atoms with van der Waals surface area (Å²) in [5.41, 5.74) is 1.08. The molecule has 0 fully saturated rings. The Morgan fingerprint density at radius 3 is 2.32 bits per heavy atom. The van der Waals surface area contributed by atoms with Crippen LogP contribution < -0.4 is 14.2 Å². The Kier molecular flexibility index (Phi) is 5.10. The second-order valence-corrected chi connectivity index (χ2v) is 5.42. The van der Waals surface area contributed by atoms with Crippen molar-refractivity contribution >= 4 is 27.3 Å². The van der Waals surface area contributed by atoms with Crippen LogP contribution in [0.3, 0.4) is 0 Å². The van der Waals surface area contributed by atoms with Gasteiger partial charge in [0.25, 0.3) is 0 Å². The average molecular weight is 343 g/mol. The molecule has 0 N–H and O–H groups in total. The molecule has 2 rings (SSSR count). The van der Waals surface area contributed by atoms with Gasteiger partial charge < -0.3 is 14.2 Å². The van der Waals surface area contributed by atoms with Gasteiger partial charge in [-0.1, -0.05) is 22.0 Å². The molecule has 3 nitrogen and oxygen atoms in total. The minimum atomic E-state index is 0.512. The van der Waals surface area contributed by atoms with E-state index < -0.39 is 0 Å². The number of rotatable bonds is 6. The van der Waals surface area contributed by atoms with E-state index in [2.05, 4.69) is 15.9 Å². The van der Waals surface area contributed by atoms with Gasteiger partial charge in [0.2, 0.25) is 5.75 Å². The first-order valence-electron chi connectivity index (χ1n) is 5.74. The number of hydrogen-bond acceptors (Lipinski definition) is 4. The largest absolute Gasteiger partial charge is 0.493 e. The molecule has 0 saturated heterocycles. The molecule has 102 valence electrons. The molecule has 1 heterocycles. The molecular formula is C14H15BrO3S. The number of alkyl halides is 1. The Morgan fingerprint density at radius 1 is 1.16 bits per heavy atom. The van der Waals surface area contributed by atoms with Crippen molar-refractivity contribution in [3.63, 3.8) is 0 Å². The van der Waals surface area contributed by atoms with Gasteiger partial charge in [0.05, 0.1) is 14.2 Å². The molecule has 1 aromatic heterocycles. The molecular weight excluding hydrogens is 328 g/mol. The number of methoxy groups -OCH3 is 2. The molecule has 0 bridgehead atoms. The molecule has 0 aliphatic carbocycles. The van der Waals surface area contributed by atoms with Gasteiger partial charge in [-0.2, -0.15) is 0 Å². The summed E-state index contributed by atoms with van der Waals surface area (Å²) >= 11 is 5.09. The summed E-state index contributed by atoms with van der Waals surface area (Å²) in [6.07, 6.45) is 0. The Morgan fingerprint density at radius 2 is 1.84 bits per heavy atom. The lowest BCUT2D eigenvalue weighted by Gasteiger charge is -2.15. The van der Waals surface area contributed by atoms with Gasteiger partial charge in [-0.3, -0.25) is 0 Å². The zero-order chi connectivity index (χ0) is 13.7. The van der Waals surface area contributed by atoms with Crippen LogP contribution in [0.25, 0.3) is 0 Å². The van der Waals surface area contributed by atoms with E-state index in [0.29, 0.717) is 23.9 Å². The first kappa shape index (κ1) is 14.2. The van der Waals surface area contributed by atoms with E-state index in [1.807, 2.05) is 29.6 Å². The second-order valence-electron chi connectivity index (χ2n) is 3.83. The molecule has 0 unspecified atom stereocenters. The van der Waals surface area contributed by atoms with Gasteiger partial charge in [0, 0.05) is 10.2 Å². The van der Waals surface area contributed by atoms with Crippen LogP contribution in [0.15, 0.2) is 29.6 Å². The predicted molar refractivity (Wildman–Crippen MR) is 80.8 cm³/mol. The molecule has 19 heavy (non-hydrogen) atoms. The van der Waals surface area contributed by atoms with Crippen LogP contribution in [0.1, 0.15) is 10.4 Å². The molecule has 0 radical (unpaired) electrons. The fourth-order valence-electron chi connectivity index (χ4n) is 1.69. The van der Waals surface area contributed by atoms with Crippen LogP contribution in [0, 0.1) is 0 Å². The van der Waals surface area contributed by atoms with Gasteiger partial charge in [0.1, 0.15) is 6.61 Å². The highest BCUT2D eigenvalue weighted by Crippen LogP contribution is 2.39. The van der Waals surface area contributed by atoms with Gasteiger partial charge in [-0.05, 0) is 29.1 Å². The lowest BCUT2D eigenvalue weighted by molar-refractivity contribution is 0.268. The highest BCUT2D eigenvalue weighted by Gasteiger charge is 2.14. The average Bonchev–Trinajstić information content (AvgIpc) is 2.97. The summed E-state index contributed by atoms with van der Waals surface area (Å²) in [4.78, 5) is 1.16. The third-order valence-corrected chi connectivity index (χ3v) is 4.11. The van der Waals surface area contributed by atoms with E-state index in [4.69, 9.17) is 14.2 Å². The molecule has 0 spiro atoms. The van der Waals surface area contributed by atoms with Gasteiger partial charge in [0.15, 0.2) is 11.5 Å². The van der Waals surface area contributed by atoms with E-state index in [0.717, 1.165) is 15.8 Å². The van der Waals surface area contributed by atoms with Crippen molar-refractivity contribution < 1.29 is 14.2 Å². The number of thiophene rings is 1. The zero-order valence-electron chi connectivity index (χ0n) is 10.8. The Hall–Kier alpha value is -1.20. The fourth-order valence-corrected chi connectivity index (χ4v) is 2.63. The summed E-state index contributed by atoms with van der Waals surface area (Å²) in [6, 6.07) is 7.93. The number of hydrogen-bond donors (Lipinski definition) is 0. The van der Waals surface area contributed by atoms with E-state index in [9.17, 15) is 0 Å². The molecule has 0 saturated carbocycles. The molecule has 0 amide bonds. The quantitative estimate of drug-likeness (QED) is 0.735. The van der Waals surface area contributed by atoms with E-state index in [1.165, 1.54) is 0 Å². The fraction of sp³-hybridized carbons (Fsp3) is 0.286. The van der Waals surface area contributed by atoms with Crippen molar-refractivity contribution in [3.05, 3.63) is 40.1 Å². The first-order valence-corrected chi connectivity index (χ1v) is 7.74. The van der Waals surface area contributed by atoms with Gasteiger partial charge in [-0.25, -0.2) is 0 Å². The Balaban J connectivity index is 2.26. The van der Waals surface area contributed by atoms with Crippen molar-refractivity contribution in [1.29, 1.82) is 0 Å². The maximum Gasteiger partial charge on any atom is 0.203 e. The smallest absolute Gasteiger partial charge is 0.203 e. The van der Waals surface area contributed by atoms with Crippen molar-refractivity contribution in [2.24, 2.45) is 0 Å². The zero-order valence-corrected chi connectivity index (χ0v) is 13.2. The molecule has 2 aromatic rings. The van der Waals surface area contributed by atoms with Crippen LogP contribution in [-0.4, -0.2) is 14.2 Å². The van der Waals surface area contributed by atoms with Gasteiger partial charge in [-0.15, -0.1) is 11.3 Å². The minimum Gasteiger partial charge on any atom is -0.493 e. The van der Waals surface area contributed by atoms with Crippen LogP contribution in [0.5, 0.6) is 17.2 Å². The highest BCUT2D eigenvalue weighted by molar-refractivity contribution is 9.08. The number of benzene rings is 1. The normalized spacial score (nSPS) is 10.3. The van der Waals surface area contributed by atoms with E-state index in [1.54, 1.807) is 25.6 Å².